The van der Waals surface area contributed by atoms with Gasteiger partial charge in [0.25, 0.3) is 0 Å². The van der Waals surface area contributed by atoms with Gasteiger partial charge in [0.15, 0.2) is 5.17 Å². The van der Waals surface area contributed by atoms with E-state index >= 15 is 0 Å². The number of nitrogens with zero attached hydrogens (tertiary/aromatic N) is 4. The largest absolute Gasteiger partial charge is 0.349 e. The van der Waals surface area contributed by atoms with Gasteiger partial charge >= 0.3 is 0 Å². The zero-order chi connectivity index (χ0) is 17.6. The van der Waals surface area contributed by atoms with Gasteiger partial charge in [-0.3, -0.25) is 9.98 Å². The van der Waals surface area contributed by atoms with E-state index in [0.717, 1.165) is 24.4 Å². The molecule has 25 heavy (non-hydrogen) atoms. The molecule has 2 aromatic rings. The van der Waals surface area contributed by atoms with Crippen molar-refractivity contribution in [1.82, 2.24) is 14.5 Å². The normalized spacial score (nSPS) is 25.4. The molecule has 4 heterocycles. The van der Waals surface area contributed by atoms with Crippen LogP contribution in [0, 0.1) is 13.8 Å². The fraction of sp³-hybridized carbons (Fsp3) is 0.500. The number of fused-ring (bicyclic) bond motifs is 1. The van der Waals surface area contributed by atoms with E-state index in [1.807, 2.05) is 24.0 Å². The molecule has 0 saturated carbocycles. The molecule has 0 radical (unpaired) electrons. The van der Waals surface area contributed by atoms with E-state index in [-0.39, 0.29) is 12.1 Å². The second kappa shape index (κ2) is 6.52. The van der Waals surface area contributed by atoms with Gasteiger partial charge in [0, 0.05) is 35.9 Å². The first-order chi connectivity index (χ1) is 12.2. The van der Waals surface area contributed by atoms with Gasteiger partial charge in [0.1, 0.15) is 6.04 Å². The molecule has 0 amide bonds. The summed E-state index contributed by atoms with van der Waals surface area (Å²) in [5, 5.41) is 1.20. The number of amidine groups is 1. The van der Waals surface area contributed by atoms with Crippen LogP contribution in [0.25, 0.3) is 0 Å². The minimum Gasteiger partial charge on any atom is -0.349 e. The summed E-state index contributed by atoms with van der Waals surface area (Å²) in [6, 6.07) is 9.45. The van der Waals surface area contributed by atoms with Crippen LogP contribution in [0.2, 0.25) is 0 Å². The second-order valence-corrected chi connectivity index (χ2v) is 7.89. The molecule has 4 rings (SSSR count). The Morgan fingerprint density at radius 2 is 2.08 bits per heavy atom. The smallest absolute Gasteiger partial charge is 0.160 e. The molecule has 5 heteroatoms. The predicted octanol–water partition coefficient (Wildman–Crippen LogP) is 4.50. The zero-order valence-electron chi connectivity index (χ0n) is 15.4. The van der Waals surface area contributed by atoms with E-state index in [9.17, 15) is 0 Å². The van der Waals surface area contributed by atoms with Gasteiger partial charge in [-0.2, -0.15) is 0 Å². The Balaban J connectivity index is 1.83. The van der Waals surface area contributed by atoms with Gasteiger partial charge in [-0.05, 0) is 51.0 Å². The molecule has 0 N–H and O–H groups in total. The quantitative estimate of drug-likeness (QED) is 0.810. The Kier molecular flexibility index (Phi) is 4.36. The lowest BCUT2D eigenvalue weighted by molar-refractivity contribution is 0.254. The van der Waals surface area contributed by atoms with Gasteiger partial charge < -0.3 is 9.47 Å². The maximum absolute atomic E-state index is 5.12. The Bertz CT molecular complexity index is 796. The monoisotopic (exact) mass is 354 g/mol. The highest BCUT2D eigenvalue weighted by Crippen LogP contribution is 2.49. The van der Waals surface area contributed by atoms with E-state index in [2.05, 4.69) is 60.3 Å². The average molecular weight is 355 g/mol. The van der Waals surface area contributed by atoms with Gasteiger partial charge in [-0.25, -0.2) is 0 Å². The van der Waals surface area contributed by atoms with Crippen LogP contribution in [0.1, 0.15) is 55.0 Å². The summed E-state index contributed by atoms with van der Waals surface area (Å²) in [4.78, 5) is 12.3. The number of aromatic nitrogens is 2. The van der Waals surface area contributed by atoms with Crippen molar-refractivity contribution in [2.45, 2.75) is 58.8 Å². The standard InChI is InChI=1S/C20H26N4S/c1-5-15-12-25-20-22-18(17-9-7-8-10-21-17)19(24(15)20)16-11-13(3)23(6-2)14(16)4/h7-11,15,18-19H,5-6,12H2,1-4H3/t15-,18-,19+/m1/s1. The van der Waals surface area contributed by atoms with Crippen molar-refractivity contribution in [1.29, 1.82) is 0 Å². The molecule has 0 spiro atoms. The zero-order valence-corrected chi connectivity index (χ0v) is 16.3. The van der Waals surface area contributed by atoms with Crippen LogP contribution in [0.3, 0.4) is 0 Å². The van der Waals surface area contributed by atoms with Crippen LogP contribution >= 0.6 is 11.8 Å². The number of pyridine rings is 1. The number of aliphatic imine (C=N–C) groups is 1. The molecule has 2 aliphatic heterocycles. The van der Waals surface area contributed by atoms with Crippen LogP contribution in [-0.2, 0) is 6.54 Å². The first-order valence-corrected chi connectivity index (χ1v) is 10.2. The highest BCUT2D eigenvalue weighted by Gasteiger charge is 2.46. The van der Waals surface area contributed by atoms with E-state index < -0.39 is 0 Å². The van der Waals surface area contributed by atoms with Crippen LogP contribution in [-0.4, -0.2) is 31.4 Å². The summed E-state index contributed by atoms with van der Waals surface area (Å²) in [5.74, 6) is 1.15. The fourth-order valence-electron chi connectivity index (χ4n) is 4.30. The molecule has 4 nitrogen and oxygen atoms in total. The van der Waals surface area contributed by atoms with Crippen molar-refractivity contribution in [3.63, 3.8) is 0 Å². The topological polar surface area (TPSA) is 33.4 Å². The van der Waals surface area contributed by atoms with E-state index in [0.29, 0.717) is 6.04 Å². The molecule has 132 valence electrons. The maximum atomic E-state index is 5.12. The fourth-order valence-corrected chi connectivity index (χ4v) is 5.64. The number of thioether (sulfide) groups is 1. The summed E-state index contributed by atoms with van der Waals surface area (Å²) in [7, 11) is 0. The molecule has 2 aromatic heterocycles. The summed E-state index contributed by atoms with van der Waals surface area (Å²) in [6.07, 6.45) is 3.04. The molecule has 2 aliphatic rings. The molecule has 0 aromatic carbocycles. The third-order valence-electron chi connectivity index (χ3n) is 5.58. The molecule has 1 saturated heterocycles. The third kappa shape index (κ3) is 2.60. The van der Waals surface area contributed by atoms with E-state index in [1.165, 1.54) is 22.1 Å². The average Bonchev–Trinajstić information content (AvgIpc) is 3.27. The number of hydrogen-bond donors (Lipinski definition) is 0. The van der Waals surface area contributed by atoms with Crippen LogP contribution in [0.4, 0.5) is 0 Å². The minimum absolute atomic E-state index is 0.0869. The van der Waals surface area contributed by atoms with Crippen molar-refractivity contribution < 1.29 is 0 Å². The van der Waals surface area contributed by atoms with Gasteiger partial charge in [-0.15, -0.1) is 0 Å². The summed E-state index contributed by atoms with van der Waals surface area (Å²) in [6.45, 7) is 9.98. The van der Waals surface area contributed by atoms with Crippen molar-refractivity contribution in [2.75, 3.05) is 5.75 Å². The minimum atomic E-state index is 0.0869. The van der Waals surface area contributed by atoms with Crippen molar-refractivity contribution in [3.05, 3.63) is 53.1 Å². The molecular weight excluding hydrogens is 328 g/mol. The van der Waals surface area contributed by atoms with Crippen molar-refractivity contribution >= 4 is 16.9 Å². The summed E-state index contributed by atoms with van der Waals surface area (Å²) < 4.78 is 2.41. The Hall–Kier alpha value is -1.75. The van der Waals surface area contributed by atoms with Crippen LogP contribution < -0.4 is 0 Å². The molecular formula is C20H26N4S. The third-order valence-corrected chi connectivity index (χ3v) is 6.70. The molecule has 1 fully saturated rings. The highest BCUT2D eigenvalue weighted by molar-refractivity contribution is 8.14. The first kappa shape index (κ1) is 16.7. The molecule has 3 atom stereocenters. The lowest BCUT2D eigenvalue weighted by atomic mass is 9.95. The lowest BCUT2D eigenvalue weighted by Crippen LogP contribution is -2.35. The van der Waals surface area contributed by atoms with Crippen molar-refractivity contribution in [3.8, 4) is 0 Å². The summed E-state index contributed by atoms with van der Waals surface area (Å²) >= 11 is 1.91. The SMILES string of the molecule is CC[C@@H]1CSC2=N[C@H](c3ccccn3)[C@H](c3cc(C)n(CC)c3C)N21. The second-order valence-electron chi connectivity index (χ2n) is 6.91. The van der Waals surface area contributed by atoms with Crippen molar-refractivity contribution in [2.24, 2.45) is 4.99 Å². The number of hydrogen-bond acceptors (Lipinski definition) is 4. The van der Waals surface area contributed by atoms with Gasteiger partial charge in [-0.1, -0.05) is 24.8 Å². The highest BCUT2D eigenvalue weighted by atomic mass is 32.2. The number of rotatable bonds is 4. The predicted molar refractivity (Wildman–Crippen MR) is 105 cm³/mol. The first-order valence-electron chi connectivity index (χ1n) is 9.22. The molecule has 0 aliphatic carbocycles. The Morgan fingerprint density at radius 3 is 2.72 bits per heavy atom. The Morgan fingerprint density at radius 1 is 1.24 bits per heavy atom. The molecule has 0 unspecified atom stereocenters. The lowest BCUT2D eigenvalue weighted by Gasteiger charge is -2.32. The van der Waals surface area contributed by atoms with Crippen LogP contribution in [0.5, 0.6) is 0 Å². The van der Waals surface area contributed by atoms with Gasteiger partial charge in [0.2, 0.25) is 0 Å². The maximum Gasteiger partial charge on any atom is 0.160 e. The van der Waals surface area contributed by atoms with Gasteiger partial charge in [0.05, 0.1) is 11.7 Å². The Labute approximate surface area is 154 Å². The van der Waals surface area contributed by atoms with E-state index in [1.54, 1.807) is 0 Å². The van der Waals surface area contributed by atoms with Crippen LogP contribution in [0.15, 0.2) is 35.5 Å². The number of aryl methyl sites for hydroxylation is 1. The molecule has 0 bridgehead atoms. The van der Waals surface area contributed by atoms with E-state index in [4.69, 9.17) is 4.99 Å². The summed E-state index contributed by atoms with van der Waals surface area (Å²) in [5.41, 5.74) is 5.19.